The van der Waals surface area contributed by atoms with Crippen molar-refractivity contribution in [1.82, 2.24) is 5.32 Å². The molecule has 1 aliphatic rings. The molecule has 0 atom stereocenters. The van der Waals surface area contributed by atoms with E-state index in [1.165, 1.54) is 28.5 Å². The van der Waals surface area contributed by atoms with Crippen LogP contribution in [-0.2, 0) is 16.6 Å². The lowest BCUT2D eigenvalue weighted by atomic mass is 10.0. The molecule has 4 rings (SSSR count). The molecule has 1 heterocycles. The largest absolute Gasteiger partial charge is 0.355 e. The van der Waals surface area contributed by atoms with E-state index in [1.807, 2.05) is 24.3 Å². The van der Waals surface area contributed by atoms with Gasteiger partial charge in [-0.3, -0.25) is 4.79 Å². The molecule has 0 bridgehead atoms. The molecule has 1 N–H and O–H groups in total. The van der Waals surface area contributed by atoms with Gasteiger partial charge in [0, 0.05) is 16.8 Å². The molecule has 1 fully saturated rings. The number of fused-ring (bicyclic) bond motifs is 1. The highest BCUT2D eigenvalue weighted by atomic mass is 32.1. The molecule has 0 spiro atoms. The SMILES string of the molecule is O=C(Cc1cccc2ccccc12)NCC1(c2cccs2)CC1. The monoisotopic (exact) mass is 321 g/mol. The van der Waals surface area contributed by atoms with Crippen LogP contribution in [0, 0.1) is 0 Å². The number of thiophene rings is 1. The lowest BCUT2D eigenvalue weighted by molar-refractivity contribution is -0.120. The minimum absolute atomic E-state index is 0.115. The van der Waals surface area contributed by atoms with E-state index in [-0.39, 0.29) is 11.3 Å². The molecule has 1 aromatic heterocycles. The highest BCUT2D eigenvalue weighted by Crippen LogP contribution is 2.49. The summed E-state index contributed by atoms with van der Waals surface area (Å²) >= 11 is 1.80. The van der Waals surface area contributed by atoms with Crippen LogP contribution in [0.2, 0.25) is 0 Å². The summed E-state index contributed by atoms with van der Waals surface area (Å²) in [5, 5.41) is 7.63. The summed E-state index contributed by atoms with van der Waals surface area (Å²) in [5.74, 6) is 0.115. The second-order valence-electron chi connectivity index (χ2n) is 6.35. The van der Waals surface area contributed by atoms with E-state index in [9.17, 15) is 4.79 Å². The first-order valence-electron chi connectivity index (χ1n) is 8.04. The van der Waals surface area contributed by atoms with Crippen molar-refractivity contribution in [2.75, 3.05) is 6.54 Å². The minimum Gasteiger partial charge on any atom is -0.355 e. The third kappa shape index (κ3) is 2.89. The molecule has 2 nitrogen and oxygen atoms in total. The van der Waals surface area contributed by atoms with Gasteiger partial charge in [-0.2, -0.15) is 0 Å². The van der Waals surface area contributed by atoms with Crippen molar-refractivity contribution in [3.63, 3.8) is 0 Å². The third-order valence-corrected chi connectivity index (χ3v) is 5.87. The molecular formula is C20H19NOS. The van der Waals surface area contributed by atoms with E-state index in [2.05, 4.69) is 41.0 Å². The van der Waals surface area contributed by atoms with Gasteiger partial charge in [-0.1, -0.05) is 48.5 Å². The van der Waals surface area contributed by atoms with Gasteiger partial charge < -0.3 is 5.32 Å². The van der Waals surface area contributed by atoms with Crippen molar-refractivity contribution < 1.29 is 4.79 Å². The second-order valence-corrected chi connectivity index (χ2v) is 7.30. The summed E-state index contributed by atoms with van der Waals surface area (Å²) in [6, 6.07) is 18.7. The highest BCUT2D eigenvalue weighted by Gasteiger charge is 2.45. The first kappa shape index (κ1) is 14.5. The molecule has 0 aliphatic heterocycles. The molecule has 3 aromatic rings. The van der Waals surface area contributed by atoms with Crippen molar-refractivity contribution in [2.24, 2.45) is 0 Å². The van der Waals surface area contributed by atoms with Crippen LogP contribution in [0.15, 0.2) is 60.0 Å². The maximum atomic E-state index is 12.4. The van der Waals surface area contributed by atoms with Gasteiger partial charge in [0.25, 0.3) is 0 Å². The van der Waals surface area contributed by atoms with Crippen molar-refractivity contribution in [1.29, 1.82) is 0 Å². The van der Waals surface area contributed by atoms with Gasteiger partial charge in [0.1, 0.15) is 0 Å². The van der Waals surface area contributed by atoms with Crippen LogP contribution in [0.5, 0.6) is 0 Å². The van der Waals surface area contributed by atoms with Gasteiger partial charge >= 0.3 is 0 Å². The highest BCUT2D eigenvalue weighted by molar-refractivity contribution is 7.10. The summed E-state index contributed by atoms with van der Waals surface area (Å²) < 4.78 is 0. The Hall–Kier alpha value is -2.13. The van der Waals surface area contributed by atoms with Gasteiger partial charge in [-0.25, -0.2) is 0 Å². The van der Waals surface area contributed by atoms with Crippen molar-refractivity contribution >= 4 is 28.0 Å². The van der Waals surface area contributed by atoms with Crippen LogP contribution in [0.3, 0.4) is 0 Å². The Kier molecular flexibility index (Phi) is 3.66. The number of hydrogen-bond acceptors (Lipinski definition) is 2. The third-order valence-electron chi connectivity index (χ3n) is 4.75. The van der Waals surface area contributed by atoms with E-state index < -0.39 is 0 Å². The van der Waals surface area contributed by atoms with Crippen LogP contribution in [0.1, 0.15) is 23.3 Å². The maximum Gasteiger partial charge on any atom is 0.224 e. The topological polar surface area (TPSA) is 29.1 Å². The lowest BCUT2D eigenvalue weighted by Crippen LogP contribution is -2.32. The van der Waals surface area contributed by atoms with E-state index in [4.69, 9.17) is 0 Å². The number of nitrogens with one attached hydrogen (secondary N) is 1. The molecule has 0 radical (unpaired) electrons. The Labute approximate surface area is 140 Å². The summed E-state index contributed by atoms with van der Waals surface area (Å²) in [7, 11) is 0. The average molecular weight is 321 g/mol. The number of amides is 1. The molecule has 0 saturated heterocycles. The van der Waals surface area contributed by atoms with Gasteiger partial charge in [0.15, 0.2) is 0 Å². The molecule has 1 saturated carbocycles. The molecule has 116 valence electrons. The fourth-order valence-electron chi connectivity index (χ4n) is 3.19. The van der Waals surface area contributed by atoms with Crippen LogP contribution in [0.4, 0.5) is 0 Å². The number of hydrogen-bond donors (Lipinski definition) is 1. The van der Waals surface area contributed by atoms with Crippen LogP contribution >= 0.6 is 11.3 Å². The van der Waals surface area contributed by atoms with Gasteiger partial charge in [0.2, 0.25) is 5.91 Å². The standard InChI is InChI=1S/C20H19NOS/c22-19(21-14-20(10-11-20)18-9-4-12-23-18)13-16-7-3-6-15-5-1-2-8-17(15)16/h1-9,12H,10-11,13-14H2,(H,21,22). The quantitative estimate of drug-likeness (QED) is 0.746. The Bertz CT molecular complexity index is 828. The molecule has 3 heteroatoms. The Morgan fingerprint density at radius 3 is 2.65 bits per heavy atom. The van der Waals surface area contributed by atoms with Crippen LogP contribution < -0.4 is 5.32 Å². The first-order chi connectivity index (χ1) is 11.3. The Morgan fingerprint density at radius 2 is 1.87 bits per heavy atom. The molecular weight excluding hydrogens is 302 g/mol. The fraction of sp³-hybridized carbons (Fsp3) is 0.250. The molecule has 23 heavy (non-hydrogen) atoms. The zero-order valence-electron chi connectivity index (χ0n) is 12.9. The first-order valence-corrected chi connectivity index (χ1v) is 8.92. The molecule has 1 aliphatic carbocycles. The minimum atomic E-state index is 0.115. The normalized spacial score (nSPS) is 15.5. The van der Waals surface area contributed by atoms with E-state index >= 15 is 0 Å². The van der Waals surface area contributed by atoms with Gasteiger partial charge in [-0.05, 0) is 40.6 Å². The van der Waals surface area contributed by atoms with Crippen molar-refractivity contribution in [3.05, 3.63) is 70.4 Å². The van der Waals surface area contributed by atoms with Gasteiger partial charge in [0.05, 0.1) is 6.42 Å². The molecule has 2 aromatic carbocycles. The van der Waals surface area contributed by atoms with Crippen molar-refractivity contribution in [2.45, 2.75) is 24.7 Å². The smallest absolute Gasteiger partial charge is 0.224 e. The van der Waals surface area contributed by atoms with E-state index in [0.717, 1.165) is 12.1 Å². The van der Waals surface area contributed by atoms with Crippen LogP contribution in [-0.4, -0.2) is 12.5 Å². The fourth-order valence-corrected chi connectivity index (χ4v) is 4.18. The van der Waals surface area contributed by atoms with E-state index in [1.54, 1.807) is 11.3 Å². The molecule has 0 unspecified atom stereocenters. The Morgan fingerprint density at radius 1 is 1.04 bits per heavy atom. The number of benzene rings is 2. The predicted molar refractivity (Wildman–Crippen MR) is 95.9 cm³/mol. The van der Waals surface area contributed by atoms with E-state index in [0.29, 0.717) is 6.42 Å². The molecule has 1 amide bonds. The summed E-state index contributed by atoms with van der Waals surface area (Å²) in [6.07, 6.45) is 2.81. The zero-order valence-corrected chi connectivity index (χ0v) is 13.7. The summed E-state index contributed by atoms with van der Waals surface area (Å²) in [4.78, 5) is 13.8. The summed E-state index contributed by atoms with van der Waals surface area (Å²) in [6.45, 7) is 0.761. The number of carbonyl (C=O) groups is 1. The maximum absolute atomic E-state index is 12.4. The number of carbonyl (C=O) groups excluding carboxylic acids is 1. The van der Waals surface area contributed by atoms with Crippen molar-refractivity contribution in [3.8, 4) is 0 Å². The second kappa shape index (κ2) is 5.82. The Balaban J connectivity index is 1.44. The van der Waals surface area contributed by atoms with Gasteiger partial charge in [-0.15, -0.1) is 11.3 Å². The van der Waals surface area contributed by atoms with Crippen LogP contribution in [0.25, 0.3) is 10.8 Å². The average Bonchev–Trinajstić information content (AvgIpc) is 3.16. The predicted octanol–water partition coefficient (Wildman–Crippen LogP) is 4.29. The lowest BCUT2D eigenvalue weighted by Gasteiger charge is -2.15. The summed E-state index contributed by atoms with van der Waals surface area (Å²) in [5.41, 5.74) is 1.31. The number of rotatable bonds is 5. The zero-order chi connectivity index (χ0) is 15.7.